The van der Waals surface area contributed by atoms with Gasteiger partial charge in [0.2, 0.25) is 0 Å². The maximum absolute atomic E-state index is 13.1. The lowest BCUT2D eigenvalue weighted by Crippen LogP contribution is -2.41. The normalized spacial score (nSPS) is 15.9. The van der Waals surface area contributed by atoms with Crippen LogP contribution in [0.3, 0.4) is 0 Å². The maximum atomic E-state index is 13.1. The highest BCUT2D eigenvalue weighted by Crippen LogP contribution is 2.26. The largest absolute Gasteiger partial charge is 0.497 e. The lowest BCUT2D eigenvalue weighted by atomic mass is 9.98. The van der Waals surface area contributed by atoms with Crippen molar-refractivity contribution in [3.05, 3.63) is 53.6 Å². The molecule has 7 nitrogen and oxygen atoms in total. The lowest BCUT2D eigenvalue weighted by molar-refractivity contribution is 0.0632. The second kappa shape index (κ2) is 10.9. The number of nitrogens with one attached hydrogen (secondary N) is 1. The van der Waals surface area contributed by atoms with Crippen molar-refractivity contribution >= 4 is 11.8 Å². The molecule has 32 heavy (non-hydrogen) atoms. The third-order valence-electron chi connectivity index (χ3n) is 5.43. The van der Waals surface area contributed by atoms with E-state index in [1.165, 1.54) is 0 Å². The van der Waals surface area contributed by atoms with Crippen LogP contribution >= 0.6 is 0 Å². The molecule has 0 spiro atoms. The molecule has 1 unspecified atom stereocenters. The second-order valence-corrected chi connectivity index (χ2v) is 8.30. The number of nitrogens with zero attached hydrogens (tertiary/aromatic N) is 1. The zero-order valence-corrected chi connectivity index (χ0v) is 19.2. The average molecular weight is 441 g/mol. The number of piperidine rings is 1. The van der Waals surface area contributed by atoms with Crippen LogP contribution in [0.2, 0.25) is 0 Å². The summed E-state index contributed by atoms with van der Waals surface area (Å²) in [6, 6.07) is 12.5. The molecule has 1 fully saturated rings. The van der Waals surface area contributed by atoms with Gasteiger partial charge in [-0.25, -0.2) is 0 Å². The van der Waals surface area contributed by atoms with Crippen molar-refractivity contribution in [1.82, 2.24) is 10.2 Å². The summed E-state index contributed by atoms with van der Waals surface area (Å²) in [6.07, 6.45) is 1.86. The molecule has 0 aromatic heterocycles. The number of ether oxygens (including phenoxy) is 3. The van der Waals surface area contributed by atoms with Crippen molar-refractivity contribution < 1.29 is 23.8 Å². The highest BCUT2D eigenvalue weighted by atomic mass is 16.5. The fourth-order valence-electron chi connectivity index (χ4n) is 3.83. The van der Waals surface area contributed by atoms with E-state index >= 15 is 0 Å². The van der Waals surface area contributed by atoms with Gasteiger partial charge in [0.25, 0.3) is 11.8 Å². The van der Waals surface area contributed by atoms with E-state index < -0.39 is 0 Å². The SMILES string of the molecule is COc1cc(OC)cc(C(=O)N2CCCC(COc3ccccc3C(=O)NC(C)C)C2)c1. The minimum Gasteiger partial charge on any atom is -0.497 e. The molecule has 3 rings (SSSR count). The molecule has 2 amide bonds. The van der Waals surface area contributed by atoms with E-state index in [0.29, 0.717) is 48.1 Å². The molecule has 7 heteroatoms. The highest BCUT2D eigenvalue weighted by molar-refractivity contribution is 5.97. The Morgan fingerprint density at radius 1 is 1.09 bits per heavy atom. The Hall–Kier alpha value is -3.22. The molecule has 2 aromatic rings. The predicted molar refractivity (Wildman–Crippen MR) is 123 cm³/mol. The topological polar surface area (TPSA) is 77.1 Å². The third kappa shape index (κ3) is 5.93. The standard InChI is InChI=1S/C25H32N2O5/c1-17(2)26-24(28)22-9-5-6-10-23(22)32-16-18-8-7-11-27(15-18)25(29)19-12-20(30-3)14-21(13-19)31-4/h5-6,9-10,12-14,17-18H,7-8,11,15-16H2,1-4H3,(H,26,28). The Kier molecular flexibility index (Phi) is 7.98. The fraction of sp³-hybridized carbons (Fsp3) is 0.440. The second-order valence-electron chi connectivity index (χ2n) is 8.30. The van der Waals surface area contributed by atoms with Gasteiger partial charge in [0.15, 0.2) is 0 Å². The summed E-state index contributed by atoms with van der Waals surface area (Å²) in [7, 11) is 3.13. The molecule has 1 heterocycles. The minimum absolute atomic E-state index is 0.0451. The van der Waals surface area contributed by atoms with E-state index in [2.05, 4.69) is 5.32 Å². The Labute approximate surface area is 189 Å². The van der Waals surface area contributed by atoms with Crippen LogP contribution in [-0.2, 0) is 0 Å². The number of hydrogen-bond acceptors (Lipinski definition) is 5. The first-order chi connectivity index (χ1) is 15.4. The highest BCUT2D eigenvalue weighted by Gasteiger charge is 2.26. The Morgan fingerprint density at radius 2 is 1.78 bits per heavy atom. The summed E-state index contributed by atoms with van der Waals surface area (Å²) in [5.74, 6) is 1.71. The summed E-state index contributed by atoms with van der Waals surface area (Å²) < 4.78 is 16.6. The van der Waals surface area contributed by atoms with Gasteiger partial charge in [-0.15, -0.1) is 0 Å². The lowest BCUT2D eigenvalue weighted by Gasteiger charge is -2.33. The molecule has 1 aliphatic rings. The molecule has 1 atom stereocenters. The maximum Gasteiger partial charge on any atom is 0.255 e. The first kappa shape index (κ1) is 23.4. The first-order valence-electron chi connectivity index (χ1n) is 11.0. The Morgan fingerprint density at radius 3 is 2.44 bits per heavy atom. The number of likely N-dealkylation sites (tertiary alicyclic amines) is 1. The minimum atomic E-state index is -0.150. The van der Waals surface area contributed by atoms with Gasteiger partial charge in [0.1, 0.15) is 17.2 Å². The van der Waals surface area contributed by atoms with Gasteiger partial charge in [-0.2, -0.15) is 0 Å². The first-order valence-corrected chi connectivity index (χ1v) is 11.0. The van der Waals surface area contributed by atoms with Gasteiger partial charge in [-0.3, -0.25) is 9.59 Å². The molecule has 2 aromatic carbocycles. The summed E-state index contributed by atoms with van der Waals surface area (Å²) >= 11 is 0. The van der Waals surface area contributed by atoms with E-state index in [0.717, 1.165) is 12.8 Å². The molecule has 1 saturated heterocycles. The number of methoxy groups -OCH3 is 2. The van der Waals surface area contributed by atoms with E-state index in [4.69, 9.17) is 14.2 Å². The van der Waals surface area contributed by atoms with E-state index in [1.54, 1.807) is 38.5 Å². The molecule has 1 N–H and O–H groups in total. The number of hydrogen-bond donors (Lipinski definition) is 1. The van der Waals surface area contributed by atoms with Crippen LogP contribution in [0, 0.1) is 5.92 Å². The van der Waals surface area contributed by atoms with Crippen molar-refractivity contribution in [3.8, 4) is 17.2 Å². The van der Waals surface area contributed by atoms with E-state index in [9.17, 15) is 9.59 Å². The summed E-state index contributed by atoms with van der Waals surface area (Å²) in [4.78, 5) is 27.4. The van der Waals surface area contributed by atoms with Crippen LogP contribution in [-0.4, -0.2) is 56.7 Å². The van der Waals surface area contributed by atoms with Crippen LogP contribution in [0.1, 0.15) is 47.4 Å². The van der Waals surface area contributed by atoms with Gasteiger partial charge < -0.3 is 24.4 Å². The van der Waals surface area contributed by atoms with Crippen LogP contribution in [0.5, 0.6) is 17.2 Å². The molecular weight excluding hydrogens is 408 g/mol. The van der Waals surface area contributed by atoms with Crippen LogP contribution in [0.4, 0.5) is 0 Å². The number of amides is 2. The van der Waals surface area contributed by atoms with Gasteiger partial charge in [0, 0.05) is 36.7 Å². The quantitative estimate of drug-likeness (QED) is 0.676. The van der Waals surface area contributed by atoms with Crippen molar-refractivity contribution in [2.24, 2.45) is 5.92 Å². The molecule has 0 saturated carbocycles. The molecule has 1 aliphatic heterocycles. The number of rotatable bonds is 8. The molecule has 172 valence electrons. The third-order valence-corrected chi connectivity index (χ3v) is 5.43. The number of benzene rings is 2. The zero-order valence-electron chi connectivity index (χ0n) is 19.2. The summed E-state index contributed by atoms with van der Waals surface area (Å²) in [6.45, 7) is 5.58. The molecule has 0 bridgehead atoms. The van der Waals surface area contributed by atoms with Crippen molar-refractivity contribution in [2.75, 3.05) is 33.9 Å². The molecular formula is C25H32N2O5. The number of carbonyl (C=O) groups excluding carboxylic acids is 2. The smallest absolute Gasteiger partial charge is 0.255 e. The number of carbonyl (C=O) groups is 2. The van der Waals surface area contributed by atoms with Crippen molar-refractivity contribution in [1.29, 1.82) is 0 Å². The van der Waals surface area contributed by atoms with Crippen LogP contribution in [0.15, 0.2) is 42.5 Å². The van der Waals surface area contributed by atoms with Gasteiger partial charge in [0.05, 0.1) is 26.4 Å². The zero-order chi connectivity index (χ0) is 23.1. The fourth-order valence-corrected chi connectivity index (χ4v) is 3.83. The van der Waals surface area contributed by atoms with Crippen molar-refractivity contribution in [2.45, 2.75) is 32.7 Å². The van der Waals surface area contributed by atoms with Gasteiger partial charge >= 0.3 is 0 Å². The summed E-state index contributed by atoms with van der Waals surface area (Å²) in [5.41, 5.74) is 1.06. The molecule has 0 radical (unpaired) electrons. The summed E-state index contributed by atoms with van der Waals surface area (Å²) in [5, 5.41) is 2.90. The van der Waals surface area contributed by atoms with Gasteiger partial charge in [-0.1, -0.05) is 12.1 Å². The van der Waals surface area contributed by atoms with Crippen LogP contribution in [0.25, 0.3) is 0 Å². The average Bonchev–Trinajstić information content (AvgIpc) is 2.81. The van der Waals surface area contributed by atoms with Crippen molar-refractivity contribution in [3.63, 3.8) is 0 Å². The van der Waals surface area contributed by atoms with E-state index in [-0.39, 0.29) is 23.8 Å². The Bertz CT molecular complexity index is 921. The van der Waals surface area contributed by atoms with Gasteiger partial charge in [-0.05, 0) is 51.0 Å². The predicted octanol–water partition coefficient (Wildman–Crippen LogP) is 3.77. The van der Waals surface area contributed by atoms with E-state index in [1.807, 2.05) is 36.9 Å². The molecule has 0 aliphatic carbocycles. The van der Waals surface area contributed by atoms with Crippen LogP contribution < -0.4 is 19.5 Å². The Balaban J connectivity index is 1.65. The monoisotopic (exact) mass is 440 g/mol. The number of para-hydroxylation sites is 1.